The lowest BCUT2D eigenvalue weighted by atomic mass is 10.0. The third-order valence-electron chi connectivity index (χ3n) is 8.26. The van der Waals surface area contributed by atoms with Crippen molar-refractivity contribution < 1.29 is 33.5 Å². The second-order valence-electron chi connectivity index (χ2n) is 11.2. The van der Waals surface area contributed by atoms with Gasteiger partial charge in [0.05, 0.1) is 6.16 Å². The Labute approximate surface area is 249 Å². The number of nitrogens with zero attached hydrogens (tertiary/aromatic N) is 3. The maximum absolute atomic E-state index is 14.1. The lowest BCUT2D eigenvalue weighted by Gasteiger charge is -2.39. The van der Waals surface area contributed by atoms with Gasteiger partial charge in [-0.1, -0.05) is 42.5 Å². The fourth-order valence-corrected chi connectivity index (χ4v) is 6.70. The summed E-state index contributed by atoms with van der Waals surface area (Å²) < 4.78 is 11.5. The van der Waals surface area contributed by atoms with Gasteiger partial charge in [-0.2, -0.15) is 0 Å². The number of hydrogen-bond acceptors (Lipinski definition) is 5. The van der Waals surface area contributed by atoms with Gasteiger partial charge in [-0.25, -0.2) is 0 Å². The minimum absolute atomic E-state index is 0.0292. The second-order valence-corrected chi connectivity index (χ2v) is 12.9. The topological polar surface area (TPSA) is 148 Å². The molecule has 0 bridgehead atoms. The summed E-state index contributed by atoms with van der Waals surface area (Å²) >= 11 is 0. The van der Waals surface area contributed by atoms with Crippen LogP contribution in [0.4, 0.5) is 5.69 Å². The number of likely N-dealkylation sites (N-methyl/N-ethyl adjacent to an activating group) is 1. The fourth-order valence-electron chi connectivity index (χ4n) is 6.03. The van der Waals surface area contributed by atoms with Gasteiger partial charge in [0.25, 0.3) is 5.91 Å². The predicted molar refractivity (Wildman–Crippen MR) is 161 cm³/mol. The SMILES string of the molecule is CC(=O)N1CC[C@H]2CC[C@@H](C(=O)N(C)c3ccccc3)N2C(=O)C(NC(=O)c2ccc3ccc(CP(=O)(O)O)cc3c2)C1. The minimum atomic E-state index is -4.28. The summed E-state index contributed by atoms with van der Waals surface area (Å²) in [6, 6.07) is 17.1. The molecule has 5 rings (SSSR count). The Hall–Kier alpha value is -4.05. The highest BCUT2D eigenvalue weighted by Gasteiger charge is 2.46. The summed E-state index contributed by atoms with van der Waals surface area (Å²) in [6.45, 7) is 1.79. The van der Waals surface area contributed by atoms with E-state index in [1.54, 1.807) is 58.1 Å². The molecular weight excluding hydrogens is 571 g/mol. The van der Waals surface area contributed by atoms with E-state index < -0.39 is 37.7 Å². The molecule has 0 spiro atoms. The van der Waals surface area contributed by atoms with Gasteiger partial charge in [0.2, 0.25) is 17.7 Å². The fraction of sp³-hybridized carbons (Fsp3) is 0.355. The van der Waals surface area contributed by atoms with Gasteiger partial charge in [-0.3, -0.25) is 23.7 Å². The number of benzene rings is 3. The van der Waals surface area contributed by atoms with E-state index >= 15 is 0 Å². The highest BCUT2D eigenvalue weighted by atomic mass is 31.2. The normalized spacial score (nSPS) is 20.7. The molecule has 43 heavy (non-hydrogen) atoms. The van der Waals surface area contributed by atoms with E-state index in [0.29, 0.717) is 42.4 Å². The monoisotopic (exact) mass is 606 g/mol. The molecule has 3 aromatic rings. The maximum Gasteiger partial charge on any atom is 0.329 e. The Morgan fingerprint density at radius 1 is 0.977 bits per heavy atom. The van der Waals surface area contributed by atoms with Gasteiger partial charge in [0, 0.05) is 44.4 Å². The van der Waals surface area contributed by atoms with Gasteiger partial charge in [0.15, 0.2) is 0 Å². The molecule has 0 saturated carbocycles. The van der Waals surface area contributed by atoms with E-state index in [-0.39, 0.29) is 30.0 Å². The van der Waals surface area contributed by atoms with Crippen LogP contribution in [-0.2, 0) is 25.1 Å². The first-order chi connectivity index (χ1) is 20.4. The number of carbonyl (C=O) groups excluding carboxylic acids is 4. The molecule has 0 aliphatic carbocycles. The summed E-state index contributed by atoms with van der Waals surface area (Å²) in [5.74, 6) is -1.37. The number of fused-ring (bicyclic) bond motifs is 2. The van der Waals surface area contributed by atoms with Crippen molar-refractivity contribution in [3.8, 4) is 0 Å². The molecule has 1 unspecified atom stereocenters. The molecular formula is C31H35N4O7P. The molecule has 2 aliphatic heterocycles. The Morgan fingerprint density at radius 3 is 2.40 bits per heavy atom. The molecule has 3 N–H and O–H groups in total. The van der Waals surface area contributed by atoms with Crippen LogP contribution in [0, 0.1) is 0 Å². The van der Waals surface area contributed by atoms with Crippen LogP contribution in [0.15, 0.2) is 66.7 Å². The Bertz CT molecular complexity index is 1610. The van der Waals surface area contributed by atoms with Gasteiger partial charge in [0.1, 0.15) is 12.1 Å². The largest absolute Gasteiger partial charge is 0.340 e. The van der Waals surface area contributed by atoms with Crippen LogP contribution in [-0.4, -0.2) is 81.5 Å². The van der Waals surface area contributed by atoms with Crippen molar-refractivity contribution >= 4 is 47.7 Å². The van der Waals surface area contributed by atoms with Crippen molar-refractivity contribution in [1.82, 2.24) is 15.1 Å². The summed E-state index contributed by atoms with van der Waals surface area (Å²) in [5.41, 5.74) is 1.39. The molecule has 226 valence electrons. The second kappa shape index (κ2) is 12.3. The third-order valence-corrected chi connectivity index (χ3v) is 9.03. The van der Waals surface area contributed by atoms with Crippen LogP contribution in [0.1, 0.15) is 42.1 Å². The van der Waals surface area contributed by atoms with E-state index in [1.165, 1.54) is 6.92 Å². The Balaban J connectivity index is 1.41. The first-order valence-corrected chi connectivity index (χ1v) is 16.0. The molecule has 0 radical (unpaired) electrons. The molecule has 3 atom stereocenters. The van der Waals surface area contributed by atoms with Gasteiger partial charge in [-0.05, 0) is 59.9 Å². The van der Waals surface area contributed by atoms with Crippen molar-refractivity contribution in [3.63, 3.8) is 0 Å². The van der Waals surface area contributed by atoms with Crippen molar-refractivity contribution in [3.05, 3.63) is 77.9 Å². The van der Waals surface area contributed by atoms with Crippen LogP contribution < -0.4 is 10.2 Å². The van der Waals surface area contributed by atoms with E-state index in [1.807, 2.05) is 30.3 Å². The average molecular weight is 607 g/mol. The van der Waals surface area contributed by atoms with E-state index in [4.69, 9.17) is 0 Å². The Kier molecular flexibility index (Phi) is 8.69. The standard InChI is InChI=1S/C31H35N4O7P/c1-20(36)34-15-14-26-12-13-28(31(39)33(2)25-6-4-3-5-7-25)35(26)30(38)27(18-34)32-29(37)23-11-10-22-9-8-21(16-24(22)17-23)19-43(40,41)42/h3-11,16-17,26-28H,12-15,18-19H2,1-2H3,(H,32,37)(H2,40,41,42)/t26-,27?,28+/m1/s1. The van der Waals surface area contributed by atoms with Crippen molar-refractivity contribution in [2.24, 2.45) is 0 Å². The first kappa shape index (κ1) is 30.4. The van der Waals surface area contributed by atoms with Crippen LogP contribution in [0.2, 0.25) is 0 Å². The maximum atomic E-state index is 14.1. The van der Waals surface area contributed by atoms with E-state index in [0.717, 1.165) is 5.39 Å². The lowest BCUT2D eigenvalue weighted by Crippen LogP contribution is -2.61. The Morgan fingerprint density at radius 2 is 1.70 bits per heavy atom. The quantitative estimate of drug-likeness (QED) is 0.366. The minimum Gasteiger partial charge on any atom is -0.340 e. The molecule has 3 aromatic carbocycles. The number of nitrogens with one attached hydrogen (secondary N) is 1. The molecule has 2 saturated heterocycles. The summed E-state index contributed by atoms with van der Waals surface area (Å²) in [5, 5.41) is 4.21. The van der Waals surface area contributed by atoms with Gasteiger partial charge >= 0.3 is 7.60 Å². The molecule has 11 nitrogen and oxygen atoms in total. The lowest BCUT2D eigenvalue weighted by molar-refractivity contribution is -0.144. The number of hydrogen-bond donors (Lipinski definition) is 3. The molecule has 0 aromatic heterocycles. The number of anilines is 1. The zero-order valence-electron chi connectivity index (χ0n) is 24.1. The first-order valence-electron chi connectivity index (χ1n) is 14.2. The molecule has 12 heteroatoms. The van der Waals surface area contributed by atoms with Gasteiger partial charge in [-0.15, -0.1) is 0 Å². The average Bonchev–Trinajstić information content (AvgIpc) is 3.39. The highest BCUT2D eigenvalue weighted by molar-refractivity contribution is 7.50. The number of carbonyl (C=O) groups is 4. The zero-order chi connectivity index (χ0) is 30.9. The van der Waals surface area contributed by atoms with Crippen molar-refractivity contribution in [2.75, 3.05) is 25.0 Å². The number of amides is 4. The molecule has 4 amide bonds. The molecule has 2 heterocycles. The summed E-state index contributed by atoms with van der Waals surface area (Å²) in [6.07, 6.45) is 1.20. The van der Waals surface area contributed by atoms with E-state index in [9.17, 15) is 33.5 Å². The van der Waals surface area contributed by atoms with Crippen LogP contribution in [0.5, 0.6) is 0 Å². The third kappa shape index (κ3) is 6.80. The van der Waals surface area contributed by atoms with Crippen LogP contribution in [0.3, 0.4) is 0 Å². The van der Waals surface area contributed by atoms with Crippen molar-refractivity contribution in [1.29, 1.82) is 0 Å². The van der Waals surface area contributed by atoms with Gasteiger partial charge < -0.3 is 29.8 Å². The molecule has 2 aliphatic rings. The summed E-state index contributed by atoms with van der Waals surface area (Å²) in [7, 11) is -2.59. The van der Waals surface area contributed by atoms with Crippen molar-refractivity contribution in [2.45, 2.75) is 50.5 Å². The highest BCUT2D eigenvalue weighted by Crippen LogP contribution is 2.39. The zero-order valence-corrected chi connectivity index (χ0v) is 24.9. The van der Waals surface area contributed by atoms with E-state index in [2.05, 4.69) is 5.32 Å². The smallest absolute Gasteiger partial charge is 0.329 e. The number of rotatable bonds is 6. The van der Waals surface area contributed by atoms with Crippen LogP contribution >= 0.6 is 7.60 Å². The van der Waals surface area contributed by atoms with Crippen LogP contribution in [0.25, 0.3) is 10.8 Å². The molecule has 2 fully saturated rings. The summed E-state index contributed by atoms with van der Waals surface area (Å²) in [4.78, 5) is 77.1. The predicted octanol–water partition coefficient (Wildman–Crippen LogP) is 2.89. The number of para-hydroxylation sites is 1.